The van der Waals surface area contributed by atoms with E-state index in [1.807, 2.05) is 60.7 Å². The van der Waals surface area contributed by atoms with Crippen LogP contribution in [0.15, 0.2) is 71.8 Å². The fraction of sp³-hybridized carbons (Fsp3) is 0.273. The van der Waals surface area contributed by atoms with Gasteiger partial charge in [-0.1, -0.05) is 60.7 Å². The van der Waals surface area contributed by atoms with Crippen molar-refractivity contribution >= 4 is 11.9 Å². The molecular weight excluding hydrogens is 328 g/mol. The summed E-state index contributed by atoms with van der Waals surface area (Å²) in [7, 11) is 0. The second kappa shape index (κ2) is 10.2. The Bertz CT molecular complexity index is 683. The zero-order valence-electron chi connectivity index (χ0n) is 15.2. The van der Waals surface area contributed by atoms with Crippen LogP contribution in [-0.4, -0.2) is 25.2 Å². The number of rotatable bonds is 8. The number of hydrogen-bond donors (Lipinski definition) is 0. The number of esters is 2. The third-order valence-corrected chi connectivity index (χ3v) is 3.86. The Balaban J connectivity index is 2.47. The van der Waals surface area contributed by atoms with Crippen molar-refractivity contribution in [1.29, 1.82) is 0 Å². The number of carbonyl (C=O) groups excluding carboxylic acids is 2. The molecule has 0 amide bonds. The highest BCUT2D eigenvalue weighted by Crippen LogP contribution is 2.20. The minimum absolute atomic E-state index is 0.249. The fourth-order valence-corrected chi connectivity index (χ4v) is 2.64. The van der Waals surface area contributed by atoms with E-state index >= 15 is 0 Å². The second-order valence-corrected chi connectivity index (χ2v) is 5.72. The first-order valence-corrected chi connectivity index (χ1v) is 8.79. The smallest absolute Gasteiger partial charge is 0.334 e. The lowest BCUT2D eigenvalue weighted by Crippen LogP contribution is -2.20. The summed E-state index contributed by atoms with van der Waals surface area (Å²) < 4.78 is 10.4. The summed E-state index contributed by atoms with van der Waals surface area (Å²) in [5.41, 5.74) is 2.57. The lowest BCUT2D eigenvalue weighted by molar-refractivity contribution is -0.142. The quantitative estimate of drug-likeness (QED) is 0.534. The predicted molar refractivity (Wildman–Crippen MR) is 101 cm³/mol. The molecule has 0 saturated carbocycles. The summed E-state index contributed by atoms with van der Waals surface area (Å²) in [5.74, 6) is -0.953. The molecule has 0 saturated heterocycles. The summed E-state index contributed by atoms with van der Waals surface area (Å²) >= 11 is 0. The molecule has 0 aliphatic carbocycles. The van der Waals surface area contributed by atoms with Gasteiger partial charge in [-0.05, 0) is 25.0 Å². The maximum Gasteiger partial charge on any atom is 0.334 e. The van der Waals surface area contributed by atoms with Gasteiger partial charge >= 0.3 is 11.9 Å². The Morgan fingerprint density at radius 3 is 1.31 bits per heavy atom. The summed E-state index contributed by atoms with van der Waals surface area (Å²) in [6.45, 7) is 4.00. The maximum absolute atomic E-state index is 12.6. The molecule has 2 aromatic rings. The number of benzene rings is 2. The number of ether oxygens (including phenoxy) is 2. The van der Waals surface area contributed by atoms with Crippen molar-refractivity contribution in [2.45, 2.75) is 26.7 Å². The van der Waals surface area contributed by atoms with E-state index in [1.165, 1.54) is 0 Å². The van der Waals surface area contributed by atoms with Crippen LogP contribution in [0, 0.1) is 0 Å². The molecule has 0 N–H and O–H groups in total. The van der Waals surface area contributed by atoms with Crippen molar-refractivity contribution in [1.82, 2.24) is 0 Å². The van der Waals surface area contributed by atoms with E-state index in [1.54, 1.807) is 13.8 Å². The van der Waals surface area contributed by atoms with Gasteiger partial charge in [-0.3, -0.25) is 0 Å². The first-order valence-electron chi connectivity index (χ1n) is 8.79. The zero-order valence-corrected chi connectivity index (χ0v) is 15.2. The molecule has 2 aromatic carbocycles. The first-order chi connectivity index (χ1) is 12.7. The lowest BCUT2D eigenvalue weighted by Gasteiger charge is -2.14. The van der Waals surface area contributed by atoms with Crippen LogP contribution in [0.1, 0.15) is 25.0 Å². The van der Waals surface area contributed by atoms with Gasteiger partial charge in [-0.2, -0.15) is 0 Å². The summed E-state index contributed by atoms with van der Waals surface area (Å²) in [5, 5.41) is 0. The van der Waals surface area contributed by atoms with Crippen molar-refractivity contribution in [2.24, 2.45) is 0 Å². The third kappa shape index (κ3) is 5.59. The molecule has 0 aliphatic heterocycles. The SMILES string of the molecule is CCOC(=O)/C(Cc1ccccc1)=C(/Cc1ccccc1)C(=O)OCC. The average molecular weight is 352 g/mol. The zero-order chi connectivity index (χ0) is 18.8. The molecule has 0 atom stereocenters. The topological polar surface area (TPSA) is 52.6 Å². The Kier molecular flexibility index (Phi) is 7.62. The van der Waals surface area contributed by atoms with Crippen LogP contribution in [0.4, 0.5) is 0 Å². The average Bonchev–Trinajstić information content (AvgIpc) is 2.66. The Morgan fingerprint density at radius 1 is 0.654 bits per heavy atom. The summed E-state index contributed by atoms with van der Waals surface area (Å²) in [6.07, 6.45) is 0.640. The maximum atomic E-state index is 12.6. The van der Waals surface area contributed by atoms with Crippen LogP contribution >= 0.6 is 0 Å². The highest BCUT2D eigenvalue weighted by molar-refractivity contribution is 6.01. The normalized spacial score (nSPS) is 11.5. The molecule has 0 spiro atoms. The van der Waals surface area contributed by atoms with Crippen LogP contribution in [0.2, 0.25) is 0 Å². The van der Waals surface area contributed by atoms with Gasteiger partial charge in [0.25, 0.3) is 0 Å². The van der Waals surface area contributed by atoms with Gasteiger partial charge in [0.05, 0.1) is 24.4 Å². The number of carbonyl (C=O) groups is 2. The summed E-state index contributed by atoms with van der Waals surface area (Å²) in [6, 6.07) is 19.1. The largest absolute Gasteiger partial charge is 0.463 e. The molecule has 26 heavy (non-hydrogen) atoms. The highest BCUT2D eigenvalue weighted by atomic mass is 16.5. The second-order valence-electron chi connectivity index (χ2n) is 5.72. The predicted octanol–water partition coefficient (Wildman–Crippen LogP) is 3.89. The van der Waals surface area contributed by atoms with E-state index in [9.17, 15) is 9.59 Å². The molecule has 0 bridgehead atoms. The Labute approximate surface area is 154 Å². The van der Waals surface area contributed by atoms with Crippen molar-refractivity contribution < 1.29 is 19.1 Å². The van der Waals surface area contributed by atoms with Gasteiger partial charge in [0.1, 0.15) is 0 Å². The third-order valence-electron chi connectivity index (χ3n) is 3.86. The molecular formula is C22H24O4. The van der Waals surface area contributed by atoms with Crippen molar-refractivity contribution in [3.63, 3.8) is 0 Å². The Hall–Kier alpha value is -2.88. The van der Waals surface area contributed by atoms with E-state index in [-0.39, 0.29) is 13.2 Å². The molecule has 2 rings (SSSR count). The Morgan fingerprint density at radius 2 is 1.00 bits per heavy atom. The van der Waals surface area contributed by atoms with E-state index in [0.29, 0.717) is 24.0 Å². The van der Waals surface area contributed by atoms with Crippen LogP contribution in [0.3, 0.4) is 0 Å². The van der Waals surface area contributed by atoms with Crippen molar-refractivity contribution in [2.75, 3.05) is 13.2 Å². The van der Waals surface area contributed by atoms with Gasteiger partial charge in [0.15, 0.2) is 0 Å². The molecule has 4 heteroatoms. The lowest BCUT2D eigenvalue weighted by atomic mass is 9.95. The van der Waals surface area contributed by atoms with E-state index in [0.717, 1.165) is 11.1 Å². The molecule has 0 fully saturated rings. The summed E-state index contributed by atoms with van der Waals surface area (Å²) in [4.78, 5) is 25.2. The fourth-order valence-electron chi connectivity index (χ4n) is 2.64. The van der Waals surface area contributed by atoms with Gasteiger partial charge in [-0.25, -0.2) is 9.59 Å². The van der Waals surface area contributed by atoms with Gasteiger partial charge in [0.2, 0.25) is 0 Å². The molecule has 0 radical (unpaired) electrons. The molecule has 136 valence electrons. The van der Waals surface area contributed by atoms with Gasteiger partial charge < -0.3 is 9.47 Å². The van der Waals surface area contributed by atoms with Crippen LogP contribution in [0.5, 0.6) is 0 Å². The molecule has 0 aliphatic rings. The molecule has 4 nitrogen and oxygen atoms in total. The molecule has 0 aromatic heterocycles. The molecule has 0 heterocycles. The minimum Gasteiger partial charge on any atom is -0.463 e. The van der Waals surface area contributed by atoms with E-state index in [2.05, 4.69) is 0 Å². The van der Waals surface area contributed by atoms with Crippen molar-refractivity contribution in [3.8, 4) is 0 Å². The van der Waals surface area contributed by atoms with Crippen LogP contribution in [0.25, 0.3) is 0 Å². The monoisotopic (exact) mass is 352 g/mol. The number of hydrogen-bond acceptors (Lipinski definition) is 4. The van der Waals surface area contributed by atoms with E-state index in [4.69, 9.17) is 9.47 Å². The van der Waals surface area contributed by atoms with E-state index < -0.39 is 11.9 Å². The van der Waals surface area contributed by atoms with Crippen LogP contribution in [-0.2, 0) is 31.9 Å². The van der Waals surface area contributed by atoms with Gasteiger partial charge in [-0.15, -0.1) is 0 Å². The standard InChI is InChI=1S/C22H24O4/c1-3-25-21(23)19(15-17-11-7-5-8-12-17)20(22(24)26-4-2)16-18-13-9-6-10-14-18/h5-14H,3-4,15-16H2,1-2H3/b20-19-. The van der Waals surface area contributed by atoms with Crippen molar-refractivity contribution in [3.05, 3.63) is 82.9 Å². The minimum atomic E-state index is -0.477. The first kappa shape index (κ1) is 19.4. The molecule has 0 unspecified atom stereocenters. The highest BCUT2D eigenvalue weighted by Gasteiger charge is 2.23. The van der Waals surface area contributed by atoms with Crippen LogP contribution < -0.4 is 0 Å². The van der Waals surface area contributed by atoms with Gasteiger partial charge in [0, 0.05) is 12.8 Å².